The molecule has 0 aliphatic carbocycles. The van der Waals surface area contributed by atoms with Crippen molar-refractivity contribution < 1.29 is 27.5 Å². The second kappa shape index (κ2) is 9.00. The van der Waals surface area contributed by atoms with Crippen molar-refractivity contribution in [1.82, 2.24) is 0 Å². The third-order valence-electron chi connectivity index (χ3n) is 5.43. The second-order valence-corrected chi connectivity index (χ2v) is 10.2. The summed E-state index contributed by atoms with van der Waals surface area (Å²) in [4.78, 5) is 25.5. The van der Waals surface area contributed by atoms with E-state index in [1.807, 2.05) is 0 Å². The fraction of sp³-hybridized carbons (Fsp3) is 0.364. The van der Waals surface area contributed by atoms with Gasteiger partial charge in [-0.2, -0.15) is 0 Å². The predicted octanol–water partition coefficient (Wildman–Crippen LogP) is 3.66. The molecule has 1 aliphatic heterocycles. The van der Waals surface area contributed by atoms with E-state index in [9.17, 15) is 18.0 Å². The largest absolute Gasteiger partial charge is 0.469 e. The minimum atomic E-state index is -3.96. The summed E-state index contributed by atoms with van der Waals surface area (Å²) in [5.41, 5.74) is -0.414. The zero-order chi connectivity index (χ0) is 22.8. The molecule has 0 bridgehead atoms. The van der Waals surface area contributed by atoms with Crippen LogP contribution in [0.5, 0.6) is 0 Å². The van der Waals surface area contributed by atoms with E-state index in [1.54, 1.807) is 50.2 Å². The highest BCUT2D eigenvalue weighted by Gasteiger charge is 2.54. The highest BCUT2D eigenvalue weighted by molar-refractivity contribution is 9.10. The standard InChI is InChI=1S/C22H24BrNO6S/c1-4-30-21(26)22(13-15(2)20(25)29-3)14-24(19-8-6-5-7-18(19)22)31(27,28)17-11-9-16(23)10-12-17/h5-12,15H,4,13-14H2,1-3H3. The van der Waals surface area contributed by atoms with Gasteiger partial charge in [0.25, 0.3) is 10.0 Å². The van der Waals surface area contributed by atoms with Crippen LogP contribution in [0.4, 0.5) is 5.69 Å². The molecule has 7 nitrogen and oxygen atoms in total. The third kappa shape index (κ3) is 4.21. The molecule has 2 unspecified atom stereocenters. The number of carbonyl (C=O) groups is 2. The summed E-state index contributed by atoms with van der Waals surface area (Å²) >= 11 is 3.31. The number of halogens is 1. The SMILES string of the molecule is CCOC(=O)C1(CC(C)C(=O)OC)CN(S(=O)(=O)c2ccc(Br)cc2)c2ccccc21. The maximum absolute atomic E-state index is 13.5. The molecule has 0 saturated carbocycles. The van der Waals surface area contributed by atoms with Crippen LogP contribution >= 0.6 is 15.9 Å². The lowest BCUT2D eigenvalue weighted by molar-refractivity contribution is -0.152. The summed E-state index contributed by atoms with van der Waals surface area (Å²) in [5, 5.41) is 0. The van der Waals surface area contributed by atoms with Gasteiger partial charge >= 0.3 is 11.9 Å². The molecule has 1 heterocycles. The van der Waals surface area contributed by atoms with E-state index in [0.717, 1.165) is 4.47 Å². The lowest BCUT2D eigenvalue weighted by Gasteiger charge is -2.30. The van der Waals surface area contributed by atoms with E-state index in [2.05, 4.69) is 15.9 Å². The number of carbonyl (C=O) groups excluding carboxylic acids is 2. The summed E-state index contributed by atoms with van der Waals surface area (Å²) in [7, 11) is -2.68. The van der Waals surface area contributed by atoms with Crippen molar-refractivity contribution in [2.24, 2.45) is 5.92 Å². The van der Waals surface area contributed by atoms with Crippen molar-refractivity contribution in [3.8, 4) is 0 Å². The van der Waals surface area contributed by atoms with Crippen molar-refractivity contribution in [3.05, 3.63) is 58.6 Å². The van der Waals surface area contributed by atoms with Gasteiger partial charge in [-0.15, -0.1) is 0 Å². The molecule has 0 N–H and O–H groups in total. The Hall–Kier alpha value is -2.39. The monoisotopic (exact) mass is 509 g/mol. The van der Waals surface area contributed by atoms with Crippen molar-refractivity contribution in [3.63, 3.8) is 0 Å². The summed E-state index contributed by atoms with van der Waals surface area (Å²) in [6.45, 7) is 3.31. The molecule has 0 radical (unpaired) electrons. The average Bonchev–Trinajstić information content (AvgIpc) is 3.10. The van der Waals surface area contributed by atoms with Crippen molar-refractivity contribution in [2.45, 2.75) is 30.6 Å². The number of sulfonamides is 1. The highest BCUT2D eigenvalue weighted by Crippen LogP contribution is 2.47. The van der Waals surface area contributed by atoms with Crippen molar-refractivity contribution in [2.75, 3.05) is 24.6 Å². The third-order valence-corrected chi connectivity index (χ3v) is 7.73. The van der Waals surface area contributed by atoms with Crippen LogP contribution in [0, 0.1) is 5.92 Å². The van der Waals surface area contributed by atoms with Crippen LogP contribution in [0.2, 0.25) is 0 Å². The van der Waals surface area contributed by atoms with E-state index >= 15 is 0 Å². The van der Waals surface area contributed by atoms with E-state index < -0.39 is 33.3 Å². The van der Waals surface area contributed by atoms with Gasteiger partial charge in [0.2, 0.25) is 0 Å². The zero-order valence-electron chi connectivity index (χ0n) is 17.5. The van der Waals surface area contributed by atoms with E-state index in [1.165, 1.54) is 23.5 Å². The van der Waals surface area contributed by atoms with E-state index in [0.29, 0.717) is 11.3 Å². The maximum Gasteiger partial charge on any atom is 0.318 e. The van der Waals surface area contributed by atoms with Crippen LogP contribution in [-0.4, -0.2) is 40.6 Å². The van der Waals surface area contributed by atoms with Crippen LogP contribution < -0.4 is 4.31 Å². The van der Waals surface area contributed by atoms with Gasteiger partial charge in [0.05, 0.1) is 36.8 Å². The van der Waals surface area contributed by atoms with Gasteiger partial charge in [-0.05, 0) is 49.2 Å². The number of benzene rings is 2. The Bertz CT molecular complexity index is 1090. The Morgan fingerprint density at radius 3 is 2.42 bits per heavy atom. The molecule has 0 saturated heterocycles. The average molecular weight is 510 g/mol. The molecule has 166 valence electrons. The van der Waals surface area contributed by atoms with Crippen LogP contribution in [0.1, 0.15) is 25.8 Å². The molecule has 3 rings (SSSR count). The number of nitrogens with zero attached hydrogens (tertiary/aromatic N) is 1. The molecule has 1 aliphatic rings. The number of hydrogen-bond acceptors (Lipinski definition) is 6. The number of rotatable bonds is 7. The summed E-state index contributed by atoms with van der Waals surface area (Å²) in [6, 6.07) is 13.1. The smallest absolute Gasteiger partial charge is 0.318 e. The molecule has 31 heavy (non-hydrogen) atoms. The normalized spacial score (nSPS) is 18.9. The maximum atomic E-state index is 13.5. The zero-order valence-corrected chi connectivity index (χ0v) is 19.9. The molecule has 9 heteroatoms. The van der Waals surface area contributed by atoms with Gasteiger partial charge in [0, 0.05) is 4.47 Å². The first-order valence-electron chi connectivity index (χ1n) is 9.80. The molecule has 2 aromatic carbocycles. The predicted molar refractivity (Wildman–Crippen MR) is 119 cm³/mol. The highest BCUT2D eigenvalue weighted by atomic mass is 79.9. The lowest BCUT2D eigenvalue weighted by Crippen LogP contribution is -2.45. The Morgan fingerprint density at radius 2 is 1.81 bits per heavy atom. The number of hydrogen-bond donors (Lipinski definition) is 0. The summed E-state index contributed by atoms with van der Waals surface area (Å²) in [5.74, 6) is -1.68. The Labute approximate surface area is 190 Å². The number of para-hydroxylation sites is 1. The van der Waals surface area contributed by atoms with Gasteiger partial charge in [-0.1, -0.05) is 41.1 Å². The van der Waals surface area contributed by atoms with Crippen LogP contribution in [0.3, 0.4) is 0 Å². The number of esters is 2. The summed E-state index contributed by atoms with van der Waals surface area (Å²) < 4.78 is 39.2. The molecule has 2 atom stereocenters. The molecule has 0 spiro atoms. The van der Waals surface area contributed by atoms with Crippen LogP contribution in [0.15, 0.2) is 57.9 Å². The van der Waals surface area contributed by atoms with Crippen molar-refractivity contribution >= 4 is 43.6 Å². The Morgan fingerprint density at radius 1 is 1.16 bits per heavy atom. The Kier molecular flexibility index (Phi) is 6.76. The van der Waals surface area contributed by atoms with Crippen LogP contribution in [-0.2, 0) is 34.5 Å². The molecular weight excluding hydrogens is 486 g/mol. The second-order valence-electron chi connectivity index (χ2n) is 7.41. The van der Waals surface area contributed by atoms with Gasteiger partial charge in [-0.3, -0.25) is 13.9 Å². The van der Waals surface area contributed by atoms with Gasteiger partial charge in [0.15, 0.2) is 0 Å². The lowest BCUT2D eigenvalue weighted by atomic mass is 9.75. The van der Waals surface area contributed by atoms with E-state index in [4.69, 9.17) is 9.47 Å². The fourth-order valence-corrected chi connectivity index (χ4v) is 5.78. The first kappa shape index (κ1) is 23.3. The molecule has 0 fully saturated rings. The van der Waals surface area contributed by atoms with Crippen molar-refractivity contribution in [1.29, 1.82) is 0 Å². The Balaban J connectivity index is 2.15. The van der Waals surface area contributed by atoms with Gasteiger partial charge in [-0.25, -0.2) is 8.42 Å². The molecule has 0 amide bonds. The summed E-state index contributed by atoms with van der Waals surface area (Å²) in [6.07, 6.45) is 0.0574. The first-order chi connectivity index (χ1) is 14.7. The molecular formula is C22H24BrNO6S. The van der Waals surface area contributed by atoms with Crippen LogP contribution in [0.25, 0.3) is 0 Å². The molecule has 2 aromatic rings. The molecule has 0 aromatic heterocycles. The minimum Gasteiger partial charge on any atom is -0.469 e. The van der Waals surface area contributed by atoms with Gasteiger partial charge in [0.1, 0.15) is 5.41 Å². The van der Waals surface area contributed by atoms with Gasteiger partial charge < -0.3 is 9.47 Å². The number of methoxy groups -OCH3 is 1. The topological polar surface area (TPSA) is 90.0 Å². The number of fused-ring (bicyclic) bond motifs is 1. The first-order valence-corrected chi connectivity index (χ1v) is 12.0. The van der Waals surface area contributed by atoms with E-state index in [-0.39, 0.29) is 24.5 Å². The number of anilines is 1. The minimum absolute atomic E-state index is 0.0574. The fourth-order valence-electron chi connectivity index (χ4n) is 3.97. The quantitative estimate of drug-likeness (QED) is 0.529. The number of ether oxygens (including phenoxy) is 2.